The summed E-state index contributed by atoms with van der Waals surface area (Å²) in [6, 6.07) is 14.0. The number of nitrogens with one attached hydrogen (secondary N) is 1. The average Bonchev–Trinajstić information content (AvgIpc) is 2.50. The number of benzene rings is 2. The fourth-order valence-corrected chi connectivity index (χ4v) is 2.41. The number of alkyl halides is 2. The number of hydrogen-bond acceptors (Lipinski definition) is 2. The number of rotatable bonds is 7. The summed E-state index contributed by atoms with van der Waals surface area (Å²) in [5.41, 5.74) is 2.33. The second-order valence-electron chi connectivity index (χ2n) is 6.01. The number of para-hydroxylation sites is 2. The number of ether oxygens (including phenoxy) is 1. The third-order valence-electron chi connectivity index (χ3n) is 3.41. The minimum Gasteiger partial charge on any atom is -0.433 e. The van der Waals surface area contributed by atoms with Gasteiger partial charge in [0.25, 0.3) is 0 Å². The van der Waals surface area contributed by atoms with Gasteiger partial charge < -0.3 is 10.1 Å². The molecule has 0 aliphatic carbocycles. The van der Waals surface area contributed by atoms with Crippen molar-refractivity contribution in [2.24, 2.45) is 5.92 Å². The highest BCUT2D eigenvalue weighted by atomic mass is 19.3. The molecule has 1 N–H and O–H groups in total. The lowest BCUT2D eigenvalue weighted by molar-refractivity contribution is -0.115. The molecule has 0 saturated heterocycles. The summed E-state index contributed by atoms with van der Waals surface area (Å²) in [6.07, 6.45) is 1.16. The van der Waals surface area contributed by atoms with Crippen LogP contribution in [0, 0.1) is 5.92 Å². The second kappa shape index (κ2) is 8.43. The predicted octanol–water partition coefficient (Wildman–Crippen LogP) is 4.67. The molecule has 24 heavy (non-hydrogen) atoms. The van der Waals surface area contributed by atoms with Crippen LogP contribution in [0.25, 0.3) is 0 Å². The minimum atomic E-state index is -2.93. The van der Waals surface area contributed by atoms with E-state index >= 15 is 0 Å². The van der Waals surface area contributed by atoms with Crippen LogP contribution in [-0.4, -0.2) is 12.5 Å². The zero-order valence-electron chi connectivity index (χ0n) is 13.8. The van der Waals surface area contributed by atoms with Gasteiger partial charge >= 0.3 is 6.61 Å². The molecule has 1 amide bonds. The van der Waals surface area contributed by atoms with Crippen molar-refractivity contribution in [3.8, 4) is 5.75 Å². The lowest BCUT2D eigenvalue weighted by atomic mass is 10.0. The lowest BCUT2D eigenvalue weighted by Gasteiger charge is -2.12. The molecule has 0 aromatic heterocycles. The van der Waals surface area contributed by atoms with Crippen LogP contribution in [-0.2, 0) is 17.6 Å². The van der Waals surface area contributed by atoms with Crippen molar-refractivity contribution in [2.45, 2.75) is 33.3 Å². The number of hydrogen-bond donors (Lipinski definition) is 1. The van der Waals surface area contributed by atoms with Crippen LogP contribution in [0.2, 0.25) is 0 Å². The quantitative estimate of drug-likeness (QED) is 0.800. The van der Waals surface area contributed by atoms with E-state index in [9.17, 15) is 13.6 Å². The van der Waals surface area contributed by atoms with Crippen LogP contribution >= 0.6 is 0 Å². The first-order valence-corrected chi connectivity index (χ1v) is 7.85. The van der Waals surface area contributed by atoms with Gasteiger partial charge in [-0.1, -0.05) is 50.2 Å². The molecule has 5 heteroatoms. The maximum absolute atomic E-state index is 12.4. The molecule has 0 saturated carbocycles. The highest BCUT2D eigenvalue weighted by Crippen LogP contribution is 2.25. The summed E-state index contributed by atoms with van der Waals surface area (Å²) in [4.78, 5) is 12.1. The van der Waals surface area contributed by atoms with Gasteiger partial charge in [0.1, 0.15) is 5.75 Å². The van der Waals surface area contributed by atoms with Crippen LogP contribution in [0.15, 0.2) is 48.5 Å². The van der Waals surface area contributed by atoms with E-state index in [1.807, 2.05) is 24.3 Å². The molecule has 0 spiro atoms. The summed E-state index contributed by atoms with van der Waals surface area (Å²) in [7, 11) is 0. The van der Waals surface area contributed by atoms with Gasteiger partial charge in [-0.2, -0.15) is 8.78 Å². The lowest BCUT2D eigenvalue weighted by Crippen LogP contribution is -2.16. The Morgan fingerprint density at radius 2 is 1.67 bits per heavy atom. The van der Waals surface area contributed by atoms with Gasteiger partial charge in [0.05, 0.1) is 12.1 Å². The minimum absolute atomic E-state index is 0.0480. The summed E-state index contributed by atoms with van der Waals surface area (Å²) in [5.74, 6) is 0.246. The molecule has 2 aromatic carbocycles. The average molecular weight is 333 g/mol. The van der Waals surface area contributed by atoms with E-state index in [1.165, 1.54) is 17.7 Å². The van der Waals surface area contributed by atoms with Crippen molar-refractivity contribution in [3.63, 3.8) is 0 Å². The van der Waals surface area contributed by atoms with Crippen molar-refractivity contribution in [2.75, 3.05) is 5.32 Å². The molecule has 0 bridgehead atoms. The van der Waals surface area contributed by atoms with E-state index in [4.69, 9.17) is 0 Å². The third-order valence-corrected chi connectivity index (χ3v) is 3.41. The van der Waals surface area contributed by atoms with E-state index in [0.717, 1.165) is 12.0 Å². The van der Waals surface area contributed by atoms with Crippen LogP contribution in [0.3, 0.4) is 0 Å². The van der Waals surface area contributed by atoms with Gasteiger partial charge in [0.15, 0.2) is 0 Å². The van der Waals surface area contributed by atoms with Crippen LogP contribution in [0.4, 0.5) is 14.5 Å². The van der Waals surface area contributed by atoms with Crippen LogP contribution in [0.5, 0.6) is 5.75 Å². The maximum Gasteiger partial charge on any atom is 0.387 e. The molecule has 128 valence electrons. The summed E-state index contributed by atoms with van der Waals surface area (Å²) in [5, 5.41) is 2.61. The first-order chi connectivity index (χ1) is 11.4. The Labute approximate surface area is 140 Å². The molecule has 0 fully saturated rings. The molecule has 0 atom stereocenters. The fourth-order valence-electron chi connectivity index (χ4n) is 2.41. The Morgan fingerprint density at radius 1 is 1.04 bits per heavy atom. The zero-order valence-corrected chi connectivity index (χ0v) is 13.8. The van der Waals surface area contributed by atoms with Gasteiger partial charge in [0, 0.05) is 0 Å². The topological polar surface area (TPSA) is 38.3 Å². The van der Waals surface area contributed by atoms with Gasteiger partial charge in [-0.3, -0.25) is 4.79 Å². The number of amides is 1. The fraction of sp³-hybridized carbons (Fsp3) is 0.316. The Balaban J connectivity index is 1.98. The normalized spacial score (nSPS) is 10.9. The molecule has 2 rings (SSSR count). The van der Waals surface area contributed by atoms with Gasteiger partial charge in [-0.05, 0) is 35.6 Å². The van der Waals surface area contributed by atoms with Crippen LogP contribution in [0.1, 0.15) is 25.0 Å². The molecule has 0 radical (unpaired) electrons. The smallest absolute Gasteiger partial charge is 0.387 e. The largest absolute Gasteiger partial charge is 0.433 e. The zero-order chi connectivity index (χ0) is 17.5. The van der Waals surface area contributed by atoms with E-state index < -0.39 is 6.61 Å². The SMILES string of the molecule is CC(C)Cc1ccc(CC(=O)Nc2ccccc2OC(F)F)cc1. The maximum atomic E-state index is 12.4. The number of halogens is 2. The molecule has 0 aliphatic heterocycles. The molecular formula is C19H21F2NO2. The first kappa shape index (κ1) is 17.9. The van der Waals surface area contributed by atoms with Gasteiger partial charge in [0.2, 0.25) is 5.91 Å². The second-order valence-corrected chi connectivity index (χ2v) is 6.01. The highest BCUT2D eigenvalue weighted by Gasteiger charge is 2.12. The highest BCUT2D eigenvalue weighted by molar-refractivity contribution is 5.93. The van der Waals surface area contributed by atoms with Crippen molar-refractivity contribution in [1.29, 1.82) is 0 Å². The molecule has 0 aliphatic rings. The van der Waals surface area contributed by atoms with Crippen molar-refractivity contribution in [3.05, 3.63) is 59.7 Å². The Hall–Kier alpha value is -2.43. The Bertz CT molecular complexity index is 669. The summed E-state index contributed by atoms with van der Waals surface area (Å²) < 4.78 is 29.2. The third kappa shape index (κ3) is 5.65. The predicted molar refractivity (Wildman–Crippen MR) is 90.4 cm³/mol. The first-order valence-electron chi connectivity index (χ1n) is 7.85. The molecule has 0 unspecified atom stereocenters. The standard InChI is InChI=1S/C19H21F2NO2/c1-13(2)11-14-7-9-15(10-8-14)12-18(23)22-16-5-3-4-6-17(16)24-19(20)21/h3-10,13,19H,11-12H2,1-2H3,(H,22,23). The van der Waals surface area contributed by atoms with E-state index in [1.54, 1.807) is 12.1 Å². The van der Waals surface area contributed by atoms with E-state index in [-0.39, 0.29) is 23.8 Å². The van der Waals surface area contributed by atoms with Crippen molar-refractivity contribution >= 4 is 11.6 Å². The molecule has 3 nitrogen and oxygen atoms in total. The molecular weight excluding hydrogens is 312 g/mol. The van der Waals surface area contributed by atoms with Crippen LogP contribution < -0.4 is 10.1 Å². The van der Waals surface area contributed by atoms with Crippen molar-refractivity contribution < 1.29 is 18.3 Å². The van der Waals surface area contributed by atoms with E-state index in [2.05, 4.69) is 23.9 Å². The summed E-state index contributed by atoms with van der Waals surface area (Å²) >= 11 is 0. The Kier molecular flexibility index (Phi) is 6.29. The molecule has 0 heterocycles. The van der Waals surface area contributed by atoms with Gasteiger partial charge in [-0.15, -0.1) is 0 Å². The number of anilines is 1. The molecule has 2 aromatic rings. The number of carbonyl (C=O) groups excluding carboxylic acids is 1. The van der Waals surface area contributed by atoms with Gasteiger partial charge in [-0.25, -0.2) is 0 Å². The Morgan fingerprint density at radius 3 is 2.29 bits per heavy atom. The monoisotopic (exact) mass is 333 g/mol. The number of carbonyl (C=O) groups is 1. The summed E-state index contributed by atoms with van der Waals surface area (Å²) in [6.45, 7) is 1.37. The van der Waals surface area contributed by atoms with E-state index in [0.29, 0.717) is 5.92 Å². The van der Waals surface area contributed by atoms with Crippen molar-refractivity contribution in [1.82, 2.24) is 0 Å².